The monoisotopic (exact) mass is 241 g/mol. The number of aromatic nitrogens is 1. The van der Waals surface area contributed by atoms with E-state index < -0.39 is 4.92 Å². The predicted octanol–water partition coefficient (Wildman–Crippen LogP) is 0.817. The first-order valence-electron chi connectivity index (χ1n) is 5.19. The van der Waals surface area contributed by atoms with Crippen molar-refractivity contribution in [3.8, 4) is 5.88 Å². The molecule has 0 saturated heterocycles. The highest BCUT2D eigenvalue weighted by atomic mass is 16.6. The summed E-state index contributed by atoms with van der Waals surface area (Å²) in [5.41, 5.74) is -0.0962. The van der Waals surface area contributed by atoms with Crippen LogP contribution in [0.2, 0.25) is 0 Å². The molecule has 0 amide bonds. The van der Waals surface area contributed by atoms with Crippen LogP contribution in [0.15, 0.2) is 12.1 Å². The second-order valence-electron chi connectivity index (χ2n) is 3.26. The molecule has 0 fully saturated rings. The van der Waals surface area contributed by atoms with E-state index in [-0.39, 0.29) is 24.7 Å². The smallest absolute Gasteiger partial charge is 0.311 e. The number of anilines is 1. The molecular weight excluding hydrogens is 226 g/mol. The van der Waals surface area contributed by atoms with Crippen LogP contribution < -0.4 is 9.64 Å². The van der Waals surface area contributed by atoms with Crippen LogP contribution in [0.4, 0.5) is 11.5 Å². The maximum atomic E-state index is 10.9. The third kappa shape index (κ3) is 3.04. The maximum Gasteiger partial charge on any atom is 0.311 e. The van der Waals surface area contributed by atoms with Crippen LogP contribution in [0.3, 0.4) is 0 Å². The lowest BCUT2D eigenvalue weighted by molar-refractivity contribution is -0.384. The second kappa shape index (κ2) is 6.00. The number of aliphatic hydroxyl groups is 1. The van der Waals surface area contributed by atoms with Crippen molar-refractivity contribution in [3.05, 3.63) is 22.2 Å². The minimum absolute atomic E-state index is 0.0934. The minimum Gasteiger partial charge on any atom is -0.481 e. The highest BCUT2D eigenvalue weighted by Gasteiger charge is 2.20. The molecule has 17 heavy (non-hydrogen) atoms. The summed E-state index contributed by atoms with van der Waals surface area (Å²) < 4.78 is 4.94. The Balaban J connectivity index is 3.19. The van der Waals surface area contributed by atoms with Crippen LogP contribution in [0, 0.1) is 10.1 Å². The number of ether oxygens (including phenoxy) is 1. The Morgan fingerprint density at radius 2 is 2.29 bits per heavy atom. The van der Waals surface area contributed by atoms with Gasteiger partial charge in [0.1, 0.15) is 0 Å². The molecule has 7 heteroatoms. The van der Waals surface area contributed by atoms with Gasteiger partial charge in [0.05, 0.1) is 18.6 Å². The number of aliphatic hydroxyl groups excluding tert-OH is 1. The molecule has 1 heterocycles. The number of hydrogen-bond donors (Lipinski definition) is 1. The molecule has 1 N–H and O–H groups in total. The summed E-state index contributed by atoms with van der Waals surface area (Å²) in [5, 5.41) is 19.8. The van der Waals surface area contributed by atoms with Gasteiger partial charge in [-0.3, -0.25) is 10.1 Å². The number of pyridine rings is 1. The van der Waals surface area contributed by atoms with Gasteiger partial charge in [-0.15, -0.1) is 0 Å². The second-order valence-corrected chi connectivity index (χ2v) is 3.26. The molecule has 1 aromatic heterocycles. The molecule has 0 bridgehead atoms. The first-order chi connectivity index (χ1) is 8.13. The number of methoxy groups -OCH3 is 1. The van der Waals surface area contributed by atoms with E-state index in [1.807, 2.05) is 6.92 Å². The van der Waals surface area contributed by atoms with E-state index in [0.29, 0.717) is 12.4 Å². The summed E-state index contributed by atoms with van der Waals surface area (Å²) in [4.78, 5) is 16.1. The normalized spacial score (nSPS) is 10.1. The van der Waals surface area contributed by atoms with Crippen LogP contribution in [0.25, 0.3) is 0 Å². The van der Waals surface area contributed by atoms with Crippen LogP contribution >= 0.6 is 0 Å². The van der Waals surface area contributed by atoms with Crippen LogP contribution in [0.1, 0.15) is 6.92 Å². The zero-order valence-electron chi connectivity index (χ0n) is 9.79. The van der Waals surface area contributed by atoms with Gasteiger partial charge in [-0.2, -0.15) is 4.98 Å². The summed E-state index contributed by atoms with van der Waals surface area (Å²) in [6.45, 7) is 2.55. The lowest BCUT2D eigenvalue weighted by Gasteiger charge is -2.20. The minimum atomic E-state index is -0.498. The van der Waals surface area contributed by atoms with E-state index in [9.17, 15) is 10.1 Å². The molecule has 0 aliphatic carbocycles. The quantitative estimate of drug-likeness (QED) is 0.585. The standard InChI is InChI=1S/C10H15N3O4/c1-3-12(6-7-14)10-8(13(15)16)4-5-9(11-10)17-2/h4-5,14H,3,6-7H2,1-2H3. The molecule has 0 aromatic carbocycles. The van der Waals surface area contributed by atoms with Crippen LogP contribution in [-0.2, 0) is 0 Å². The molecular formula is C10H15N3O4. The van der Waals surface area contributed by atoms with Crippen molar-refractivity contribution in [1.29, 1.82) is 0 Å². The van der Waals surface area contributed by atoms with Crippen molar-refractivity contribution in [2.24, 2.45) is 0 Å². The molecule has 0 aliphatic heterocycles. The van der Waals surface area contributed by atoms with Crippen LogP contribution in [-0.4, -0.2) is 41.8 Å². The number of nitrogens with zero attached hydrogens (tertiary/aromatic N) is 3. The van der Waals surface area contributed by atoms with Crippen molar-refractivity contribution < 1.29 is 14.8 Å². The summed E-state index contributed by atoms with van der Waals surface area (Å²) in [6, 6.07) is 2.79. The molecule has 0 unspecified atom stereocenters. The summed E-state index contributed by atoms with van der Waals surface area (Å²) >= 11 is 0. The fourth-order valence-corrected chi connectivity index (χ4v) is 1.45. The maximum absolute atomic E-state index is 10.9. The van der Waals surface area contributed by atoms with Gasteiger partial charge in [0.15, 0.2) is 0 Å². The molecule has 0 saturated carbocycles. The molecule has 1 rings (SSSR count). The third-order valence-corrected chi connectivity index (χ3v) is 2.29. The molecule has 0 aliphatic rings. The highest BCUT2D eigenvalue weighted by molar-refractivity contribution is 5.58. The van der Waals surface area contributed by atoms with E-state index in [1.54, 1.807) is 4.90 Å². The average Bonchev–Trinajstić information content (AvgIpc) is 2.35. The van der Waals surface area contributed by atoms with Gasteiger partial charge < -0.3 is 14.7 Å². The van der Waals surface area contributed by atoms with Gasteiger partial charge in [-0.05, 0) is 6.92 Å². The summed E-state index contributed by atoms with van der Waals surface area (Å²) in [7, 11) is 1.44. The topological polar surface area (TPSA) is 88.7 Å². The van der Waals surface area contributed by atoms with E-state index in [2.05, 4.69) is 4.98 Å². The molecule has 0 spiro atoms. The summed E-state index contributed by atoms with van der Waals surface area (Å²) in [5.74, 6) is 0.521. The summed E-state index contributed by atoms with van der Waals surface area (Å²) in [6.07, 6.45) is 0. The number of hydrogen-bond acceptors (Lipinski definition) is 6. The largest absolute Gasteiger partial charge is 0.481 e. The number of nitro groups is 1. The van der Waals surface area contributed by atoms with Gasteiger partial charge in [0.25, 0.3) is 0 Å². The van der Waals surface area contributed by atoms with E-state index >= 15 is 0 Å². The first kappa shape index (κ1) is 13.2. The Morgan fingerprint density at radius 1 is 1.59 bits per heavy atom. The fraction of sp³-hybridized carbons (Fsp3) is 0.500. The Kier molecular flexibility index (Phi) is 4.65. The van der Waals surface area contributed by atoms with Crippen molar-refractivity contribution >= 4 is 11.5 Å². The Labute approximate surface area is 98.8 Å². The Hall–Kier alpha value is -1.89. The van der Waals surface area contributed by atoms with Crippen molar-refractivity contribution in [2.75, 3.05) is 31.7 Å². The van der Waals surface area contributed by atoms with E-state index in [0.717, 1.165) is 0 Å². The lowest BCUT2D eigenvalue weighted by atomic mass is 10.3. The molecule has 0 radical (unpaired) electrons. The van der Waals surface area contributed by atoms with Gasteiger partial charge in [0, 0.05) is 25.2 Å². The van der Waals surface area contributed by atoms with Crippen molar-refractivity contribution in [1.82, 2.24) is 4.98 Å². The van der Waals surface area contributed by atoms with Gasteiger partial charge in [0.2, 0.25) is 11.7 Å². The highest BCUT2D eigenvalue weighted by Crippen LogP contribution is 2.28. The van der Waals surface area contributed by atoms with E-state index in [4.69, 9.17) is 9.84 Å². The van der Waals surface area contributed by atoms with Gasteiger partial charge in [-0.1, -0.05) is 0 Å². The average molecular weight is 241 g/mol. The Morgan fingerprint density at radius 3 is 2.76 bits per heavy atom. The van der Waals surface area contributed by atoms with Crippen LogP contribution in [0.5, 0.6) is 5.88 Å². The Bertz CT molecular complexity index is 397. The van der Waals surface area contributed by atoms with Gasteiger partial charge >= 0.3 is 5.69 Å². The fourth-order valence-electron chi connectivity index (χ4n) is 1.45. The molecule has 0 atom stereocenters. The number of likely N-dealkylation sites (N-methyl/N-ethyl adjacent to an activating group) is 1. The zero-order valence-corrected chi connectivity index (χ0v) is 9.79. The third-order valence-electron chi connectivity index (χ3n) is 2.29. The SMILES string of the molecule is CCN(CCO)c1nc(OC)ccc1[N+](=O)[O-]. The van der Waals surface area contributed by atoms with Gasteiger partial charge in [-0.25, -0.2) is 0 Å². The molecule has 94 valence electrons. The number of rotatable bonds is 6. The molecule has 1 aromatic rings. The van der Waals surface area contributed by atoms with E-state index in [1.165, 1.54) is 19.2 Å². The molecule has 7 nitrogen and oxygen atoms in total. The van der Waals surface area contributed by atoms with Crippen molar-refractivity contribution in [3.63, 3.8) is 0 Å². The predicted molar refractivity (Wildman–Crippen MR) is 62.4 cm³/mol. The lowest BCUT2D eigenvalue weighted by Crippen LogP contribution is -2.27. The van der Waals surface area contributed by atoms with Crippen molar-refractivity contribution in [2.45, 2.75) is 6.92 Å². The first-order valence-corrected chi connectivity index (χ1v) is 5.19. The zero-order chi connectivity index (χ0) is 12.8.